The first kappa shape index (κ1) is 13.2. The number of nitrogens with zero attached hydrogens (tertiary/aromatic N) is 4. The molecule has 3 rings (SSSR count). The molecule has 0 aromatic carbocycles. The summed E-state index contributed by atoms with van der Waals surface area (Å²) in [4.78, 5) is 8.04. The monoisotopic (exact) mass is 279 g/mol. The zero-order valence-electron chi connectivity index (χ0n) is 11.1. The molecule has 20 heavy (non-hydrogen) atoms. The average molecular weight is 279 g/mol. The molecule has 8 heteroatoms. The van der Waals surface area contributed by atoms with Crippen molar-refractivity contribution >= 4 is 11.6 Å². The molecule has 8 nitrogen and oxygen atoms in total. The SMILES string of the molecule is C[C@H]1C[C@H](c2cnn3c(N)ncnc23)OC1(CO)CO. The van der Waals surface area contributed by atoms with Gasteiger partial charge in [-0.15, -0.1) is 0 Å². The van der Waals surface area contributed by atoms with Crippen LogP contribution in [0, 0.1) is 5.92 Å². The fourth-order valence-electron chi connectivity index (χ4n) is 2.69. The maximum atomic E-state index is 9.51. The second-order valence-corrected chi connectivity index (χ2v) is 5.19. The van der Waals surface area contributed by atoms with Gasteiger partial charge in [-0.3, -0.25) is 0 Å². The van der Waals surface area contributed by atoms with E-state index in [4.69, 9.17) is 10.5 Å². The highest BCUT2D eigenvalue weighted by atomic mass is 16.5. The third-order valence-corrected chi connectivity index (χ3v) is 4.08. The van der Waals surface area contributed by atoms with E-state index >= 15 is 0 Å². The van der Waals surface area contributed by atoms with E-state index in [-0.39, 0.29) is 31.2 Å². The Morgan fingerprint density at radius 1 is 1.45 bits per heavy atom. The number of anilines is 1. The second kappa shape index (κ2) is 4.65. The average Bonchev–Trinajstić information content (AvgIpc) is 3.01. The molecule has 0 aliphatic carbocycles. The van der Waals surface area contributed by atoms with Crippen molar-refractivity contribution in [2.45, 2.75) is 25.0 Å². The number of hydrogen-bond donors (Lipinski definition) is 3. The number of aliphatic hydroxyl groups excluding tert-OH is 2. The van der Waals surface area contributed by atoms with Crippen molar-refractivity contribution in [3.63, 3.8) is 0 Å². The zero-order valence-corrected chi connectivity index (χ0v) is 11.1. The van der Waals surface area contributed by atoms with Gasteiger partial charge in [-0.1, -0.05) is 6.92 Å². The van der Waals surface area contributed by atoms with Crippen molar-refractivity contribution in [2.24, 2.45) is 5.92 Å². The lowest BCUT2D eigenvalue weighted by Gasteiger charge is -2.28. The summed E-state index contributed by atoms with van der Waals surface area (Å²) in [6, 6.07) is 0. The third-order valence-electron chi connectivity index (χ3n) is 4.08. The van der Waals surface area contributed by atoms with E-state index in [1.165, 1.54) is 10.8 Å². The van der Waals surface area contributed by atoms with Crippen molar-refractivity contribution in [3.8, 4) is 0 Å². The topological polar surface area (TPSA) is 119 Å². The van der Waals surface area contributed by atoms with Crippen LogP contribution in [-0.2, 0) is 4.74 Å². The van der Waals surface area contributed by atoms with Gasteiger partial charge < -0.3 is 20.7 Å². The van der Waals surface area contributed by atoms with Crippen molar-refractivity contribution in [2.75, 3.05) is 18.9 Å². The van der Waals surface area contributed by atoms with Crippen LogP contribution in [0.2, 0.25) is 0 Å². The smallest absolute Gasteiger partial charge is 0.224 e. The largest absolute Gasteiger partial charge is 0.393 e. The lowest BCUT2D eigenvalue weighted by Crippen LogP contribution is -2.42. The Morgan fingerprint density at radius 2 is 2.20 bits per heavy atom. The number of hydrogen-bond acceptors (Lipinski definition) is 7. The summed E-state index contributed by atoms with van der Waals surface area (Å²) in [5.41, 5.74) is 6.18. The first-order valence-corrected chi connectivity index (χ1v) is 6.45. The maximum absolute atomic E-state index is 9.51. The molecular formula is C12H17N5O3. The Morgan fingerprint density at radius 3 is 2.85 bits per heavy atom. The van der Waals surface area contributed by atoms with Crippen molar-refractivity contribution in [3.05, 3.63) is 18.1 Å². The predicted octanol–water partition coefficient (Wildman–Crippen LogP) is -0.473. The minimum atomic E-state index is -0.919. The van der Waals surface area contributed by atoms with Gasteiger partial charge in [0.1, 0.15) is 11.9 Å². The first-order chi connectivity index (χ1) is 9.61. The van der Waals surface area contributed by atoms with Crippen LogP contribution in [0.3, 0.4) is 0 Å². The number of nitrogen functional groups attached to an aromatic ring is 1. The molecule has 1 aliphatic heterocycles. The van der Waals surface area contributed by atoms with E-state index in [1.54, 1.807) is 6.20 Å². The van der Waals surface area contributed by atoms with Crippen LogP contribution in [0.5, 0.6) is 0 Å². The van der Waals surface area contributed by atoms with Crippen LogP contribution in [0.4, 0.5) is 5.95 Å². The Kier molecular flexibility index (Phi) is 3.08. The van der Waals surface area contributed by atoms with E-state index in [9.17, 15) is 10.2 Å². The third kappa shape index (κ3) is 1.76. The lowest BCUT2D eigenvalue weighted by molar-refractivity contribution is -0.116. The van der Waals surface area contributed by atoms with Crippen molar-refractivity contribution in [1.82, 2.24) is 19.6 Å². The van der Waals surface area contributed by atoms with Crippen LogP contribution in [0.1, 0.15) is 25.0 Å². The van der Waals surface area contributed by atoms with Gasteiger partial charge in [0.25, 0.3) is 0 Å². The van der Waals surface area contributed by atoms with E-state index in [0.29, 0.717) is 12.1 Å². The van der Waals surface area contributed by atoms with Gasteiger partial charge in [-0.2, -0.15) is 9.61 Å². The number of fused-ring (bicyclic) bond motifs is 1. The minimum Gasteiger partial charge on any atom is -0.393 e. The number of rotatable bonds is 3. The van der Waals surface area contributed by atoms with Gasteiger partial charge in [-0.05, 0) is 12.3 Å². The Labute approximate surface area is 115 Å². The fraction of sp³-hybridized carbons (Fsp3) is 0.583. The fourth-order valence-corrected chi connectivity index (χ4v) is 2.69. The highest BCUT2D eigenvalue weighted by molar-refractivity contribution is 5.50. The van der Waals surface area contributed by atoms with Gasteiger partial charge in [0.2, 0.25) is 5.95 Å². The van der Waals surface area contributed by atoms with Gasteiger partial charge in [-0.25, -0.2) is 9.97 Å². The molecule has 1 fully saturated rings. The molecule has 1 saturated heterocycles. The van der Waals surface area contributed by atoms with Crippen LogP contribution < -0.4 is 5.73 Å². The molecule has 0 amide bonds. The number of nitrogens with two attached hydrogens (primary N) is 1. The normalized spacial score (nSPS) is 25.4. The minimum absolute atomic E-state index is 0.0247. The highest BCUT2D eigenvalue weighted by Gasteiger charge is 2.46. The van der Waals surface area contributed by atoms with Gasteiger partial charge in [0.05, 0.1) is 25.5 Å². The van der Waals surface area contributed by atoms with Crippen molar-refractivity contribution < 1.29 is 14.9 Å². The lowest BCUT2D eigenvalue weighted by atomic mass is 9.89. The summed E-state index contributed by atoms with van der Waals surface area (Å²) < 4.78 is 7.34. The molecule has 3 heterocycles. The molecule has 2 aromatic rings. The summed E-state index contributed by atoms with van der Waals surface area (Å²) >= 11 is 0. The molecule has 1 aliphatic rings. The molecule has 0 saturated carbocycles. The molecule has 2 aromatic heterocycles. The Hall–Kier alpha value is -1.77. The zero-order chi connectivity index (χ0) is 14.3. The van der Waals surface area contributed by atoms with E-state index in [1.807, 2.05) is 6.92 Å². The number of aliphatic hydroxyl groups is 2. The molecule has 0 radical (unpaired) electrons. The summed E-state index contributed by atoms with van der Waals surface area (Å²) in [6.45, 7) is 1.50. The molecule has 0 spiro atoms. The molecule has 0 bridgehead atoms. The Bertz CT molecular complexity index is 625. The van der Waals surface area contributed by atoms with Gasteiger partial charge in [0.15, 0.2) is 5.65 Å². The standard InChI is InChI=1S/C12H17N5O3/c1-7-2-9(20-12(7,4-18)5-19)8-3-16-17-10(8)14-6-15-11(17)13/h3,6-7,9,18-19H,2,4-5H2,1H3,(H2,13,14,15)/t7-,9+/m0/s1. The van der Waals surface area contributed by atoms with Gasteiger partial charge >= 0.3 is 0 Å². The molecule has 4 N–H and O–H groups in total. The summed E-state index contributed by atoms with van der Waals surface area (Å²) in [7, 11) is 0. The Balaban J connectivity index is 1.99. The van der Waals surface area contributed by atoms with E-state index < -0.39 is 5.60 Å². The molecule has 0 unspecified atom stereocenters. The van der Waals surface area contributed by atoms with Crippen LogP contribution in [0.15, 0.2) is 12.5 Å². The van der Waals surface area contributed by atoms with Crippen LogP contribution >= 0.6 is 0 Å². The highest BCUT2D eigenvalue weighted by Crippen LogP contribution is 2.44. The number of ether oxygens (including phenoxy) is 1. The second-order valence-electron chi connectivity index (χ2n) is 5.19. The summed E-state index contributed by atoms with van der Waals surface area (Å²) in [6.07, 6.45) is 3.41. The van der Waals surface area contributed by atoms with Crippen LogP contribution in [-0.4, -0.2) is 48.6 Å². The van der Waals surface area contributed by atoms with Crippen molar-refractivity contribution in [1.29, 1.82) is 0 Å². The summed E-state index contributed by atoms with van der Waals surface area (Å²) in [5.74, 6) is 0.277. The quantitative estimate of drug-likeness (QED) is 0.694. The maximum Gasteiger partial charge on any atom is 0.224 e. The first-order valence-electron chi connectivity index (χ1n) is 6.45. The number of aromatic nitrogens is 4. The van der Waals surface area contributed by atoms with E-state index in [2.05, 4.69) is 15.1 Å². The van der Waals surface area contributed by atoms with Crippen LogP contribution in [0.25, 0.3) is 5.65 Å². The van der Waals surface area contributed by atoms with E-state index in [0.717, 1.165) is 5.56 Å². The molecule has 2 atom stereocenters. The summed E-state index contributed by atoms with van der Waals surface area (Å²) in [5, 5.41) is 23.2. The molecule has 108 valence electrons. The molecular weight excluding hydrogens is 262 g/mol. The predicted molar refractivity (Wildman–Crippen MR) is 69.7 cm³/mol. The van der Waals surface area contributed by atoms with Gasteiger partial charge in [0, 0.05) is 5.56 Å².